The van der Waals surface area contributed by atoms with Crippen molar-refractivity contribution < 1.29 is 1.43 Å². The molecule has 1 aromatic carbocycles. The Hall–Kier alpha value is -0.248. The smallest absolute Gasteiger partial charge is 0.136 e. The number of aryl methyl sites for hydroxylation is 1. The SMILES string of the molecule is Cc1cccc[c]1[Al].[HH]. The molecule has 0 aliphatic carbocycles. The molecule has 0 saturated heterocycles. The third kappa shape index (κ3) is 1.12. The lowest BCUT2D eigenvalue weighted by molar-refractivity contribution is 1.52. The quantitative estimate of drug-likeness (QED) is 0.449. The third-order valence-electron chi connectivity index (χ3n) is 1.19. The van der Waals surface area contributed by atoms with Crippen molar-refractivity contribution in [1.29, 1.82) is 0 Å². The lowest BCUT2D eigenvalue weighted by atomic mass is 10.2. The van der Waals surface area contributed by atoms with Gasteiger partial charge in [-0.15, -0.1) is 4.43 Å². The zero-order chi connectivity index (χ0) is 5.98. The summed E-state index contributed by atoms with van der Waals surface area (Å²) in [5.41, 5.74) is 1.33. The van der Waals surface area contributed by atoms with Gasteiger partial charge >= 0.3 is 0 Å². The molecule has 1 heteroatoms. The summed E-state index contributed by atoms with van der Waals surface area (Å²) in [6.07, 6.45) is 0. The predicted molar refractivity (Wildman–Crippen MR) is 38.7 cm³/mol. The van der Waals surface area contributed by atoms with Crippen LogP contribution in [0.4, 0.5) is 0 Å². The van der Waals surface area contributed by atoms with Gasteiger partial charge in [0.05, 0.1) is 0 Å². The first-order valence-electron chi connectivity index (χ1n) is 2.62. The number of hydrogen-bond donors (Lipinski definition) is 0. The molecule has 0 spiro atoms. The summed E-state index contributed by atoms with van der Waals surface area (Å²) in [6, 6.07) is 8.26. The highest BCUT2D eigenvalue weighted by molar-refractivity contribution is 6.33. The van der Waals surface area contributed by atoms with E-state index in [2.05, 4.69) is 35.3 Å². The molecule has 8 heavy (non-hydrogen) atoms. The lowest BCUT2D eigenvalue weighted by Crippen LogP contribution is -2.04. The van der Waals surface area contributed by atoms with E-state index in [-0.39, 0.29) is 1.43 Å². The van der Waals surface area contributed by atoms with Gasteiger partial charge < -0.3 is 0 Å². The van der Waals surface area contributed by atoms with E-state index in [4.69, 9.17) is 0 Å². The van der Waals surface area contributed by atoms with Gasteiger partial charge in [0, 0.05) is 1.43 Å². The minimum atomic E-state index is 0. The molecule has 0 bridgehead atoms. The number of benzene rings is 1. The Morgan fingerprint density at radius 3 is 2.38 bits per heavy atom. The van der Waals surface area contributed by atoms with Gasteiger partial charge in [-0.25, -0.2) is 0 Å². The summed E-state index contributed by atoms with van der Waals surface area (Å²) in [5.74, 6) is 0. The standard InChI is InChI=1S/C7H7.Al.H2/c1-7-5-3-2-4-6-7;;/h2-5H,1H3;;1H. The topological polar surface area (TPSA) is 0 Å². The summed E-state index contributed by atoms with van der Waals surface area (Å²) in [4.78, 5) is 0. The van der Waals surface area contributed by atoms with E-state index in [0.717, 1.165) is 0 Å². The molecule has 0 aromatic heterocycles. The summed E-state index contributed by atoms with van der Waals surface area (Å²) in [5, 5.41) is 0. The Bertz CT molecular complexity index is 165. The Morgan fingerprint density at radius 1 is 1.38 bits per heavy atom. The fourth-order valence-electron chi connectivity index (χ4n) is 0.587. The van der Waals surface area contributed by atoms with Gasteiger partial charge in [-0.05, 0) is 6.92 Å². The summed E-state index contributed by atoms with van der Waals surface area (Å²) in [7, 11) is 0. The van der Waals surface area contributed by atoms with Crippen LogP contribution in [0, 0.1) is 6.92 Å². The molecule has 0 amide bonds. The molecule has 0 unspecified atom stereocenters. The summed E-state index contributed by atoms with van der Waals surface area (Å²) in [6.45, 7) is 2.10. The van der Waals surface area contributed by atoms with Crippen molar-refractivity contribution in [3.8, 4) is 0 Å². The highest BCUT2D eigenvalue weighted by atomic mass is 27.0. The van der Waals surface area contributed by atoms with Gasteiger partial charge in [0.1, 0.15) is 0 Å². The lowest BCUT2D eigenvalue weighted by Gasteiger charge is -1.95. The molecule has 40 valence electrons. The first kappa shape index (κ1) is 5.88. The predicted octanol–water partition coefficient (Wildman–Crippen LogP) is 1.03. The molecule has 0 nitrogen and oxygen atoms in total. The van der Waals surface area contributed by atoms with Crippen molar-refractivity contribution in [3.63, 3.8) is 0 Å². The summed E-state index contributed by atoms with van der Waals surface area (Å²) < 4.78 is 1.28. The van der Waals surface area contributed by atoms with E-state index in [1.807, 2.05) is 12.1 Å². The maximum absolute atomic E-state index is 2.69. The average molecular weight is 120 g/mol. The zero-order valence-electron chi connectivity index (χ0n) is 4.89. The minimum absolute atomic E-state index is 0. The second-order valence-corrected chi connectivity index (χ2v) is 2.48. The van der Waals surface area contributed by atoms with E-state index in [1.165, 1.54) is 9.99 Å². The molecule has 2 radical (unpaired) electrons. The molecular weight excluding hydrogens is 111 g/mol. The first-order chi connectivity index (χ1) is 3.80. The van der Waals surface area contributed by atoms with E-state index in [9.17, 15) is 0 Å². The Labute approximate surface area is 59.4 Å². The highest BCUT2D eigenvalue weighted by Crippen LogP contribution is 1.88. The van der Waals surface area contributed by atoms with Crippen LogP contribution in [0.15, 0.2) is 24.3 Å². The van der Waals surface area contributed by atoms with E-state index >= 15 is 0 Å². The van der Waals surface area contributed by atoms with Crippen LogP contribution in [-0.4, -0.2) is 16.3 Å². The maximum Gasteiger partial charge on any atom is 0.175 e. The molecule has 0 heterocycles. The normalized spacial score (nSPS) is 9.12. The van der Waals surface area contributed by atoms with Gasteiger partial charge in [-0.2, -0.15) is 0 Å². The Balaban J connectivity index is 0.000000640. The summed E-state index contributed by atoms with van der Waals surface area (Å²) >= 11 is 2.69. The average Bonchev–Trinajstić information content (AvgIpc) is 1.77. The maximum atomic E-state index is 2.69. The molecule has 1 aromatic rings. The van der Waals surface area contributed by atoms with Gasteiger partial charge in [0.25, 0.3) is 0 Å². The zero-order valence-corrected chi connectivity index (χ0v) is 6.04. The van der Waals surface area contributed by atoms with Gasteiger partial charge in [-0.3, -0.25) is 0 Å². The molecule has 1 rings (SSSR count). The fraction of sp³-hybridized carbons (Fsp3) is 0.143. The Morgan fingerprint density at radius 2 is 2.00 bits per heavy atom. The van der Waals surface area contributed by atoms with Crippen LogP contribution < -0.4 is 4.43 Å². The highest BCUT2D eigenvalue weighted by Gasteiger charge is 1.82. The molecule has 0 saturated carbocycles. The molecule has 0 aliphatic heterocycles. The van der Waals surface area contributed by atoms with E-state index < -0.39 is 0 Å². The van der Waals surface area contributed by atoms with Gasteiger partial charge in [0.2, 0.25) is 0 Å². The van der Waals surface area contributed by atoms with Crippen LogP contribution >= 0.6 is 0 Å². The monoisotopic (exact) mass is 120 g/mol. The van der Waals surface area contributed by atoms with Crippen molar-refractivity contribution in [3.05, 3.63) is 29.8 Å². The number of rotatable bonds is 0. The largest absolute Gasteiger partial charge is 0.175 e. The Kier molecular flexibility index (Phi) is 1.73. The fourth-order valence-corrected chi connectivity index (χ4v) is 0.794. The minimum Gasteiger partial charge on any atom is -0.136 e. The van der Waals surface area contributed by atoms with Crippen molar-refractivity contribution in [2.45, 2.75) is 6.92 Å². The van der Waals surface area contributed by atoms with E-state index in [0.29, 0.717) is 0 Å². The third-order valence-corrected chi connectivity index (χ3v) is 1.84. The van der Waals surface area contributed by atoms with Crippen LogP contribution in [0.25, 0.3) is 0 Å². The van der Waals surface area contributed by atoms with Crippen molar-refractivity contribution in [1.82, 2.24) is 0 Å². The van der Waals surface area contributed by atoms with Crippen LogP contribution in [-0.2, 0) is 0 Å². The van der Waals surface area contributed by atoms with E-state index in [1.54, 1.807) is 0 Å². The molecule has 0 N–H and O–H groups in total. The second kappa shape index (κ2) is 2.35. The molecule has 0 atom stereocenters. The number of hydrogen-bond acceptors (Lipinski definition) is 0. The van der Waals surface area contributed by atoms with Crippen molar-refractivity contribution in [2.24, 2.45) is 0 Å². The molecular formula is C7H9Al. The first-order valence-corrected chi connectivity index (χ1v) is 3.19. The van der Waals surface area contributed by atoms with Crippen LogP contribution in [0.3, 0.4) is 0 Å². The van der Waals surface area contributed by atoms with Crippen LogP contribution in [0.2, 0.25) is 0 Å². The van der Waals surface area contributed by atoms with Crippen LogP contribution in [0.5, 0.6) is 0 Å². The van der Waals surface area contributed by atoms with Crippen LogP contribution in [0.1, 0.15) is 6.99 Å². The van der Waals surface area contributed by atoms with Gasteiger partial charge in [-0.1, -0.05) is 29.8 Å². The van der Waals surface area contributed by atoms with Crippen molar-refractivity contribution >= 4 is 20.7 Å². The second-order valence-electron chi connectivity index (χ2n) is 1.86. The van der Waals surface area contributed by atoms with Crippen molar-refractivity contribution in [2.75, 3.05) is 0 Å². The molecule has 0 aliphatic rings. The molecule has 0 fully saturated rings. The van der Waals surface area contributed by atoms with Gasteiger partial charge in [0.15, 0.2) is 16.3 Å².